The first-order valence-corrected chi connectivity index (χ1v) is 12.6. The van der Waals surface area contributed by atoms with Crippen molar-refractivity contribution in [2.24, 2.45) is 0 Å². The van der Waals surface area contributed by atoms with Crippen molar-refractivity contribution in [2.75, 3.05) is 7.11 Å². The molecule has 1 heterocycles. The van der Waals surface area contributed by atoms with Gasteiger partial charge in [-0.25, -0.2) is 9.78 Å². The van der Waals surface area contributed by atoms with E-state index in [0.717, 1.165) is 51.3 Å². The third-order valence-corrected chi connectivity index (χ3v) is 7.41. The number of rotatable bonds is 7. The lowest BCUT2D eigenvalue weighted by atomic mass is 9.95. The maximum Gasteiger partial charge on any atom is 0.335 e. The number of carboxylic acids is 1. The number of carboxylic acid groups (broad SMARTS) is 1. The molecule has 1 saturated carbocycles. The van der Waals surface area contributed by atoms with E-state index in [-0.39, 0.29) is 5.56 Å². The molecule has 0 bridgehead atoms. The van der Waals surface area contributed by atoms with Crippen molar-refractivity contribution in [1.29, 1.82) is 0 Å². The number of nitrogens with zero attached hydrogens (tertiary/aromatic N) is 2. The van der Waals surface area contributed by atoms with Crippen molar-refractivity contribution in [2.45, 2.75) is 44.8 Å². The van der Waals surface area contributed by atoms with Gasteiger partial charge in [-0.05, 0) is 73.5 Å². The van der Waals surface area contributed by atoms with Crippen LogP contribution in [0.2, 0.25) is 0 Å². The summed E-state index contributed by atoms with van der Waals surface area (Å²) in [5.41, 5.74) is 3.94. The quantitative estimate of drug-likeness (QED) is 0.270. The number of hydrogen-bond donors (Lipinski definition) is 1. The third kappa shape index (κ3) is 4.91. The highest BCUT2D eigenvalue weighted by molar-refractivity contribution is 9.10. The fraction of sp³-hybridized carbons (Fsp3) is 0.286. The summed E-state index contributed by atoms with van der Waals surface area (Å²) in [6, 6.07) is 19.4. The number of aromatic carboxylic acids is 1. The van der Waals surface area contributed by atoms with Crippen LogP contribution in [0.1, 0.15) is 54.1 Å². The summed E-state index contributed by atoms with van der Waals surface area (Å²) in [5.74, 6) is 1.48. The van der Waals surface area contributed by atoms with Crippen LogP contribution in [0.15, 0.2) is 65.1 Å². The highest BCUT2D eigenvalue weighted by atomic mass is 79.9. The molecule has 1 aliphatic rings. The number of imidazole rings is 1. The lowest BCUT2D eigenvalue weighted by Gasteiger charge is -2.25. The van der Waals surface area contributed by atoms with Gasteiger partial charge in [0.1, 0.15) is 23.9 Å². The number of ether oxygens (including phenoxy) is 2. The minimum Gasteiger partial charge on any atom is -0.497 e. The zero-order valence-electron chi connectivity index (χ0n) is 19.5. The fourth-order valence-electron chi connectivity index (χ4n) is 4.79. The first-order valence-electron chi connectivity index (χ1n) is 11.8. The smallest absolute Gasteiger partial charge is 0.335 e. The van der Waals surface area contributed by atoms with E-state index in [4.69, 9.17) is 14.5 Å². The second kappa shape index (κ2) is 10.1. The van der Waals surface area contributed by atoms with E-state index in [1.165, 1.54) is 19.3 Å². The number of fused-ring (bicyclic) bond motifs is 1. The van der Waals surface area contributed by atoms with Crippen molar-refractivity contribution in [3.8, 4) is 22.9 Å². The highest BCUT2D eigenvalue weighted by Crippen LogP contribution is 2.36. The molecule has 0 atom stereocenters. The molecule has 6 nitrogen and oxygen atoms in total. The Hall–Kier alpha value is -3.32. The number of benzene rings is 3. The van der Waals surface area contributed by atoms with Crippen molar-refractivity contribution in [3.63, 3.8) is 0 Å². The lowest BCUT2D eigenvalue weighted by Crippen LogP contribution is -2.14. The Kier molecular flexibility index (Phi) is 6.77. The normalized spacial score (nSPS) is 14.2. The summed E-state index contributed by atoms with van der Waals surface area (Å²) in [5, 5.41) is 9.44. The zero-order chi connectivity index (χ0) is 24.4. The molecule has 4 aromatic rings. The van der Waals surface area contributed by atoms with Crippen LogP contribution in [-0.4, -0.2) is 27.7 Å². The van der Waals surface area contributed by atoms with E-state index < -0.39 is 5.97 Å². The topological polar surface area (TPSA) is 73.6 Å². The molecule has 0 spiro atoms. The van der Waals surface area contributed by atoms with Crippen molar-refractivity contribution < 1.29 is 19.4 Å². The van der Waals surface area contributed by atoms with E-state index in [1.807, 2.05) is 48.5 Å². The van der Waals surface area contributed by atoms with E-state index >= 15 is 0 Å². The molecule has 3 aromatic carbocycles. The lowest BCUT2D eigenvalue weighted by molar-refractivity contribution is 0.0697. The van der Waals surface area contributed by atoms with Gasteiger partial charge in [-0.3, -0.25) is 0 Å². The molecule has 1 fully saturated rings. The van der Waals surface area contributed by atoms with Gasteiger partial charge in [-0.15, -0.1) is 0 Å². The number of methoxy groups -OCH3 is 1. The average molecular weight is 535 g/mol. The summed E-state index contributed by atoms with van der Waals surface area (Å²) in [7, 11) is 1.65. The van der Waals surface area contributed by atoms with E-state index in [9.17, 15) is 9.90 Å². The van der Waals surface area contributed by atoms with E-state index in [0.29, 0.717) is 18.2 Å². The van der Waals surface area contributed by atoms with Crippen molar-refractivity contribution in [1.82, 2.24) is 9.55 Å². The SMILES string of the molecule is COc1ccc(Br)c(COc2ccc(-c3nc4cc(C(=O)O)ccc4n3C3CCCCC3)cc2)c1. The monoisotopic (exact) mass is 534 g/mol. The zero-order valence-corrected chi connectivity index (χ0v) is 21.1. The summed E-state index contributed by atoms with van der Waals surface area (Å²) >= 11 is 3.57. The third-order valence-electron chi connectivity index (χ3n) is 6.64. The van der Waals surface area contributed by atoms with Crippen LogP contribution < -0.4 is 9.47 Å². The van der Waals surface area contributed by atoms with Crippen LogP contribution in [0.5, 0.6) is 11.5 Å². The van der Waals surface area contributed by atoms with Crippen molar-refractivity contribution >= 4 is 32.9 Å². The van der Waals surface area contributed by atoms with Gasteiger partial charge in [-0.2, -0.15) is 0 Å². The minimum absolute atomic E-state index is 0.254. The standard InChI is InChI=1S/C28H27BrN2O4/c1-34-23-12-13-24(29)20(15-23)17-35-22-10-7-18(8-11-22)27-30-25-16-19(28(32)33)9-14-26(25)31(27)21-5-3-2-4-6-21/h7-16,21H,2-6,17H2,1H3,(H,32,33). The molecule has 1 N–H and O–H groups in total. The highest BCUT2D eigenvalue weighted by Gasteiger charge is 2.23. The van der Waals surface area contributed by atoms with E-state index in [1.54, 1.807) is 19.2 Å². The second-order valence-electron chi connectivity index (χ2n) is 8.88. The summed E-state index contributed by atoms with van der Waals surface area (Å²) < 4.78 is 14.6. The van der Waals surface area contributed by atoms with Crippen LogP contribution in [0, 0.1) is 0 Å². The number of hydrogen-bond acceptors (Lipinski definition) is 4. The molecule has 1 aromatic heterocycles. The van der Waals surface area contributed by atoms with Gasteiger partial charge in [0.25, 0.3) is 0 Å². The summed E-state index contributed by atoms with van der Waals surface area (Å²) in [4.78, 5) is 16.4. The summed E-state index contributed by atoms with van der Waals surface area (Å²) in [6.45, 7) is 0.412. The molecule has 0 unspecified atom stereocenters. The van der Waals surface area contributed by atoms with Crippen LogP contribution in [0.25, 0.3) is 22.4 Å². The number of carbonyl (C=O) groups is 1. The van der Waals surface area contributed by atoms with Crippen LogP contribution >= 0.6 is 15.9 Å². The molecule has 0 radical (unpaired) electrons. The Morgan fingerprint density at radius 3 is 2.49 bits per heavy atom. The largest absolute Gasteiger partial charge is 0.497 e. The predicted molar refractivity (Wildman–Crippen MR) is 139 cm³/mol. The first kappa shape index (κ1) is 23.4. The molecule has 0 saturated heterocycles. The molecule has 35 heavy (non-hydrogen) atoms. The maximum atomic E-state index is 11.5. The van der Waals surface area contributed by atoms with Gasteiger partial charge in [0.05, 0.1) is 23.7 Å². The predicted octanol–water partition coefficient (Wildman–Crippen LogP) is 7.26. The molecule has 0 aliphatic heterocycles. The molecule has 180 valence electrons. The molecule has 5 rings (SSSR count). The Labute approximate surface area is 212 Å². The molecular weight excluding hydrogens is 508 g/mol. The number of halogens is 1. The second-order valence-corrected chi connectivity index (χ2v) is 9.73. The number of aromatic nitrogens is 2. The van der Waals surface area contributed by atoms with Gasteiger partial charge >= 0.3 is 5.97 Å². The Morgan fingerprint density at radius 1 is 1.03 bits per heavy atom. The Balaban J connectivity index is 1.45. The molecule has 1 aliphatic carbocycles. The Bertz CT molecular complexity index is 1360. The van der Waals surface area contributed by atoms with Crippen LogP contribution in [0.3, 0.4) is 0 Å². The molecule has 7 heteroatoms. The van der Waals surface area contributed by atoms with Crippen LogP contribution in [-0.2, 0) is 6.61 Å². The van der Waals surface area contributed by atoms with Crippen LogP contribution in [0.4, 0.5) is 0 Å². The summed E-state index contributed by atoms with van der Waals surface area (Å²) in [6.07, 6.45) is 5.87. The minimum atomic E-state index is -0.940. The van der Waals surface area contributed by atoms with Gasteiger partial charge in [-0.1, -0.05) is 35.2 Å². The first-order chi connectivity index (χ1) is 17.0. The van der Waals surface area contributed by atoms with Gasteiger partial charge in [0.2, 0.25) is 0 Å². The van der Waals surface area contributed by atoms with E-state index in [2.05, 4.69) is 20.5 Å². The fourth-order valence-corrected chi connectivity index (χ4v) is 5.16. The average Bonchev–Trinajstić information content (AvgIpc) is 3.28. The molecule has 0 amide bonds. The van der Waals surface area contributed by atoms with Gasteiger partial charge in [0, 0.05) is 21.6 Å². The van der Waals surface area contributed by atoms with Gasteiger partial charge in [0.15, 0.2) is 0 Å². The molecular formula is C28H27BrN2O4. The van der Waals surface area contributed by atoms with Crippen molar-refractivity contribution in [3.05, 3.63) is 76.3 Å². The van der Waals surface area contributed by atoms with Gasteiger partial charge < -0.3 is 19.1 Å². The Morgan fingerprint density at radius 2 is 1.77 bits per heavy atom. The maximum absolute atomic E-state index is 11.5.